The van der Waals surface area contributed by atoms with Gasteiger partial charge in [-0.15, -0.1) is 0 Å². The Morgan fingerprint density at radius 3 is 2.47 bits per heavy atom. The van der Waals surface area contributed by atoms with Gasteiger partial charge in [-0.3, -0.25) is 4.99 Å². The SMILES string of the molecule is C=Nc1cc(Cl)ccc1C(=C)CC.CC. The summed E-state index contributed by atoms with van der Waals surface area (Å²) >= 11 is 5.83. The van der Waals surface area contributed by atoms with E-state index in [9.17, 15) is 0 Å². The fourth-order valence-electron chi connectivity index (χ4n) is 1.13. The van der Waals surface area contributed by atoms with E-state index in [0.717, 1.165) is 23.2 Å². The van der Waals surface area contributed by atoms with Gasteiger partial charge in [-0.2, -0.15) is 0 Å². The van der Waals surface area contributed by atoms with E-state index in [2.05, 4.69) is 25.2 Å². The van der Waals surface area contributed by atoms with Crippen molar-refractivity contribution in [1.29, 1.82) is 0 Å². The van der Waals surface area contributed by atoms with Crippen LogP contribution >= 0.6 is 11.6 Å². The predicted octanol–water partition coefficient (Wildman–Crippen LogP) is 5.12. The Hall–Kier alpha value is -1.08. The Labute approximate surface area is 97.5 Å². The van der Waals surface area contributed by atoms with Crippen LogP contribution in [0, 0.1) is 0 Å². The van der Waals surface area contributed by atoms with Gasteiger partial charge in [0.2, 0.25) is 0 Å². The summed E-state index contributed by atoms with van der Waals surface area (Å²) in [5, 5.41) is 0.676. The zero-order valence-electron chi connectivity index (χ0n) is 9.68. The molecule has 0 amide bonds. The number of benzene rings is 1. The van der Waals surface area contributed by atoms with Crippen molar-refractivity contribution < 1.29 is 0 Å². The second-order valence-corrected chi connectivity index (χ2v) is 3.21. The van der Waals surface area contributed by atoms with Crippen LogP contribution in [0.3, 0.4) is 0 Å². The van der Waals surface area contributed by atoms with Crippen molar-refractivity contribution in [3.05, 3.63) is 35.4 Å². The summed E-state index contributed by atoms with van der Waals surface area (Å²) in [5.41, 5.74) is 2.89. The topological polar surface area (TPSA) is 12.4 Å². The minimum Gasteiger partial charge on any atom is -0.264 e. The maximum atomic E-state index is 5.83. The molecule has 0 fully saturated rings. The van der Waals surface area contributed by atoms with Crippen molar-refractivity contribution in [2.75, 3.05) is 0 Å². The first-order chi connectivity index (χ1) is 7.19. The Balaban J connectivity index is 0.000000921. The molecule has 0 bridgehead atoms. The lowest BCUT2D eigenvalue weighted by Crippen LogP contribution is -1.81. The molecule has 1 aromatic carbocycles. The molecule has 0 aliphatic rings. The summed E-state index contributed by atoms with van der Waals surface area (Å²) in [6.45, 7) is 13.5. The van der Waals surface area contributed by atoms with Crippen molar-refractivity contribution in [3.8, 4) is 0 Å². The lowest BCUT2D eigenvalue weighted by Gasteiger charge is -2.06. The van der Waals surface area contributed by atoms with Crippen molar-refractivity contribution >= 4 is 29.6 Å². The fourth-order valence-corrected chi connectivity index (χ4v) is 1.29. The van der Waals surface area contributed by atoms with E-state index in [1.807, 2.05) is 26.0 Å². The maximum Gasteiger partial charge on any atom is 0.0712 e. The monoisotopic (exact) mass is 223 g/mol. The van der Waals surface area contributed by atoms with Gasteiger partial charge < -0.3 is 0 Å². The van der Waals surface area contributed by atoms with Crippen LogP contribution in [0.2, 0.25) is 5.02 Å². The fraction of sp³-hybridized carbons (Fsp3) is 0.308. The lowest BCUT2D eigenvalue weighted by atomic mass is 10.0. The smallest absolute Gasteiger partial charge is 0.0712 e. The minimum atomic E-state index is 0.676. The van der Waals surface area contributed by atoms with Gasteiger partial charge >= 0.3 is 0 Å². The highest BCUT2D eigenvalue weighted by Crippen LogP contribution is 2.29. The molecule has 0 spiro atoms. The molecule has 0 atom stereocenters. The zero-order valence-corrected chi connectivity index (χ0v) is 10.4. The van der Waals surface area contributed by atoms with Crippen LogP contribution in [0.25, 0.3) is 5.57 Å². The molecule has 0 unspecified atom stereocenters. The number of nitrogens with zero attached hydrogens (tertiary/aromatic N) is 1. The highest BCUT2D eigenvalue weighted by Gasteiger charge is 2.03. The molecule has 1 rings (SSSR count). The molecule has 0 aliphatic heterocycles. The molecule has 0 saturated carbocycles. The first-order valence-electron chi connectivity index (χ1n) is 5.13. The summed E-state index contributed by atoms with van der Waals surface area (Å²) in [6.07, 6.45) is 0.907. The standard InChI is InChI=1S/C11H12ClN.C2H6/c1-4-8(2)10-6-5-9(12)7-11(10)13-3;1-2/h5-7H,2-4H2,1H3;1-2H3. The third-order valence-electron chi connectivity index (χ3n) is 1.94. The molecule has 1 nitrogen and oxygen atoms in total. The number of hydrogen-bond acceptors (Lipinski definition) is 1. The molecule has 0 N–H and O–H groups in total. The molecular weight excluding hydrogens is 206 g/mol. The Kier molecular flexibility index (Phi) is 6.72. The second-order valence-electron chi connectivity index (χ2n) is 2.78. The van der Waals surface area contributed by atoms with E-state index in [1.165, 1.54) is 0 Å². The van der Waals surface area contributed by atoms with Crippen molar-refractivity contribution in [3.63, 3.8) is 0 Å². The van der Waals surface area contributed by atoms with Crippen LogP contribution in [0.5, 0.6) is 0 Å². The van der Waals surface area contributed by atoms with Crippen molar-refractivity contribution in [1.82, 2.24) is 0 Å². The van der Waals surface area contributed by atoms with Gasteiger partial charge in [-0.25, -0.2) is 0 Å². The molecule has 0 aliphatic carbocycles. The van der Waals surface area contributed by atoms with Gasteiger partial charge in [-0.1, -0.05) is 45.0 Å². The molecule has 0 aromatic heterocycles. The Bertz CT molecular complexity index is 342. The summed E-state index contributed by atoms with van der Waals surface area (Å²) in [6, 6.07) is 5.56. The highest BCUT2D eigenvalue weighted by molar-refractivity contribution is 6.30. The molecular formula is C13H18ClN. The van der Waals surface area contributed by atoms with Gasteiger partial charge in [0.25, 0.3) is 0 Å². The van der Waals surface area contributed by atoms with E-state index in [4.69, 9.17) is 11.6 Å². The number of rotatable bonds is 3. The number of allylic oxidation sites excluding steroid dienone is 1. The molecule has 82 valence electrons. The van der Waals surface area contributed by atoms with Crippen LogP contribution in [-0.2, 0) is 0 Å². The van der Waals surface area contributed by atoms with Crippen LogP contribution in [0.4, 0.5) is 5.69 Å². The van der Waals surface area contributed by atoms with E-state index in [-0.39, 0.29) is 0 Å². The predicted molar refractivity (Wildman–Crippen MR) is 71.3 cm³/mol. The summed E-state index contributed by atoms with van der Waals surface area (Å²) < 4.78 is 0. The lowest BCUT2D eigenvalue weighted by molar-refractivity contribution is 1.24. The van der Waals surface area contributed by atoms with Crippen LogP contribution in [-0.4, -0.2) is 6.72 Å². The number of aliphatic imine (C=N–C) groups is 1. The molecule has 0 saturated heterocycles. The molecule has 15 heavy (non-hydrogen) atoms. The average Bonchev–Trinajstić information content (AvgIpc) is 2.30. The third-order valence-corrected chi connectivity index (χ3v) is 2.17. The highest BCUT2D eigenvalue weighted by atomic mass is 35.5. The number of halogens is 1. The largest absolute Gasteiger partial charge is 0.264 e. The normalized spacial score (nSPS) is 8.80. The minimum absolute atomic E-state index is 0.676. The van der Waals surface area contributed by atoms with E-state index in [0.29, 0.717) is 5.02 Å². The Morgan fingerprint density at radius 2 is 2.00 bits per heavy atom. The van der Waals surface area contributed by atoms with Crippen molar-refractivity contribution in [2.45, 2.75) is 27.2 Å². The van der Waals surface area contributed by atoms with E-state index < -0.39 is 0 Å². The van der Waals surface area contributed by atoms with Crippen molar-refractivity contribution in [2.24, 2.45) is 4.99 Å². The summed E-state index contributed by atoms with van der Waals surface area (Å²) in [5.74, 6) is 0. The first-order valence-corrected chi connectivity index (χ1v) is 5.51. The summed E-state index contributed by atoms with van der Waals surface area (Å²) in [4.78, 5) is 3.91. The quantitative estimate of drug-likeness (QED) is 0.631. The van der Waals surface area contributed by atoms with Gasteiger partial charge in [0, 0.05) is 10.6 Å². The van der Waals surface area contributed by atoms with Gasteiger partial charge in [-0.05, 0) is 30.8 Å². The number of hydrogen-bond donors (Lipinski definition) is 0. The van der Waals surface area contributed by atoms with E-state index in [1.54, 1.807) is 6.07 Å². The van der Waals surface area contributed by atoms with Crippen LogP contribution < -0.4 is 0 Å². The van der Waals surface area contributed by atoms with Gasteiger partial charge in [0.1, 0.15) is 0 Å². The Morgan fingerprint density at radius 1 is 1.40 bits per heavy atom. The van der Waals surface area contributed by atoms with Crippen LogP contribution in [0.15, 0.2) is 29.8 Å². The molecule has 1 aromatic rings. The average molecular weight is 224 g/mol. The molecule has 0 radical (unpaired) electrons. The third kappa shape index (κ3) is 3.88. The second kappa shape index (κ2) is 7.24. The van der Waals surface area contributed by atoms with Crippen LogP contribution in [0.1, 0.15) is 32.8 Å². The van der Waals surface area contributed by atoms with E-state index >= 15 is 0 Å². The molecule has 2 heteroatoms. The summed E-state index contributed by atoms with van der Waals surface area (Å²) in [7, 11) is 0. The first kappa shape index (κ1) is 13.9. The van der Waals surface area contributed by atoms with Gasteiger partial charge in [0.05, 0.1) is 5.69 Å². The van der Waals surface area contributed by atoms with Gasteiger partial charge in [0.15, 0.2) is 0 Å². The maximum absolute atomic E-state index is 5.83. The molecule has 0 heterocycles. The zero-order chi connectivity index (χ0) is 11.8.